The Hall–Kier alpha value is -1.67. The summed E-state index contributed by atoms with van der Waals surface area (Å²) < 4.78 is 0. The Morgan fingerprint density at radius 1 is 1.40 bits per heavy atom. The van der Waals surface area contributed by atoms with Crippen LogP contribution in [-0.2, 0) is 4.79 Å². The first-order valence-electron chi connectivity index (χ1n) is 5.90. The Morgan fingerprint density at radius 3 is 2.65 bits per heavy atom. The van der Waals surface area contributed by atoms with Crippen LogP contribution < -0.4 is 16.2 Å². The zero-order valence-corrected chi connectivity index (χ0v) is 13.0. The summed E-state index contributed by atoms with van der Waals surface area (Å²) in [6.45, 7) is 7.87. The maximum absolute atomic E-state index is 11.6. The van der Waals surface area contributed by atoms with E-state index in [0.29, 0.717) is 16.8 Å². The summed E-state index contributed by atoms with van der Waals surface area (Å²) in [7, 11) is 0. The molecule has 0 atom stereocenters. The standard InChI is InChI=1S/C12H17N5OS2/c1-4-5-13-11(19)17-16-10(18)7-20-12-14-8(2)6-9(3)15-12/h4,6H,1,5,7H2,2-3H3,(H,16,18)(H2,13,17,19). The predicted octanol–water partition coefficient (Wildman–Crippen LogP) is 0.867. The normalized spacial score (nSPS) is 9.70. The first kappa shape index (κ1) is 16.4. The lowest BCUT2D eigenvalue weighted by molar-refractivity contribution is -0.119. The second-order valence-electron chi connectivity index (χ2n) is 3.89. The molecular formula is C12H17N5OS2. The first-order chi connectivity index (χ1) is 9.51. The van der Waals surface area contributed by atoms with Crippen molar-refractivity contribution < 1.29 is 4.79 Å². The number of carbonyl (C=O) groups excluding carboxylic acids is 1. The van der Waals surface area contributed by atoms with E-state index in [0.717, 1.165) is 11.4 Å². The molecule has 0 spiro atoms. The molecule has 8 heteroatoms. The number of aromatic nitrogens is 2. The van der Waals surface area contributed by atoms with Crippen LogP contribution in [-0.4, -0.2) is 33.3 Å². The number of carbonyl (C=O) groups is 1. The van der Waals surface area contributed by atoms with Crippen molar-refractivity contribution in [3.05, 3.63) is 30.1 Å². The number of rotatable bonds is 5. The summed E-state index contributed by atoms with van der Waals surface area (Å²) >= 11 is 6.21. The zero-order valence-electron chi connectivity index (χ0n) is 11.4. The number of hydrazine groups is 1. The van der Waals surface area contributed by atoms with E-state index in [1.807, 2.05) is 19.9 Å². The van der Waals surface area contributed by atoms with Gasteiger partial charge in [-0.25, -0.2) is 9.97 Å². The average Bonchev–Trinajstić information content (AvgIpc) is 2.39. The molecule has 1 rings (SSSR count). The molecule has 0 unspecified atom stereocenters. The van der Waals surface area contributed by atoms with Crippen LogP contribution in [0.15, 0.2) is 23.9 Å². The van der Waals surface area contributed by atoms with Gasteiger partial charge in [0.05, 0.1) is 5.75 Å². The third-order valence-electron chi connectivity index (χ3n) is 2.02. The minimum absolute atomic E-state index is 0.208. The van der Waals surface area contributed by atoms with Gasteiger partial charge in [0.25, 0.3) is 0 Å². The van der Waals surface area contributed by atoms with E-state index in [4.69, 9.17) is 12.2 Å². The molecule has 1 amide bonds. The van der Waals surface area contributed by atoms with Crippen molar-refractivity contribution >= 4 is 35.0 Å². The van der Waals surface area contributed by atoms with Crippen molar-refractivity contribution in [1.29, 1.82) is 0 Å². The second kappa shape index (κ2) is 8.49. The molecular weight excluding hydrogens is 294 g/mol. The van der Waals surface area contributed by atoms with Crippen LogP contribution in [0.25, 0.3) is 0 Å². The number of hydrogen-bond acceptors (Lipinski definition) is 5. The van der Waals surface area contributed by atoms with E-state index in [1.165, 1.54) is 11.8 Å². The maximum atomic E-state index is 11.6. The first-order valence-corrected chi connectivity index (χ1v) is 7.29. The summed E-state index contributed by atoms with van der Waals surface area (Å²) in [5.41, 5.74) is 6.85. The van der Waals surface area contributed by atoms with Crippen molar-refractivity contribution in [3.63, 3.8) is 0 Å². The van der Waals surface area contributed by atoms with Crippen molar-refractivity contribution in [3.8, 4) is 0 Å². The third-order valence-corrected chi connectivity index (χ3v) is 3.11. The van der Waals surface area contributed by atoms with Gasteiger partial charge in [0, 0.05) is 17.9 Å². The van der Waals surface area contributed by atoms with Crippen LogP contribution in [0.5, 0.6) is 0 Å². The molecule has 20 heavy (non-hydrogen) atoms. The monoisotopic (exact) mass is 311 g/mol. The molecule has 0 saturated heterocycles. The summed E-state index contributed by atoms with van der Waals surface area (Å²) in [6.07, 6.45) is 1.67. The van der Waals surface area contributed by atoms with Crippen LogP contribution in [0, 0.1) is 13.8 Å². The molecule has 3 N–H and O–H groups in total. The largest absolute Gasteiger partial charge is 0.358 e. The number of thiocarbonyl (C=S) groups is 1. The number of hydrogen-bond donors (Lipinski definition) is 3. The van der Waals surface area contributed by atoms with E-state index in [-0.39, 0.29) is 11.7 Å². The van der Waals surface area contributed by atoms with Gasteiger partial charge in [0.1, 0.15) is 0 Å². The molecule has 0 aliphatic carbocycles. The Balaban J connectivity index is 2.32. The van der Waals surface area contributed by atoms with Gasteiger partial charge in [0.2, 0.25) is 5.91 Å². The van der Waals surface area contributed by atoms with Gasteiger partial charge in [-0.3, -0.25) is 15.6 Å². The molecule has 0 aliphatic heterocycles. The predicted molar refractivity (Wildman–Crippen MR) is 84.3 cm³/mol. The molecule has 0 aliphatic rings. The molecule has 108 valence electrons. The highest BCUT2D eigenvalue weighted by molar-refractivity contribution is 7.99. The molecule has 0 bridgehead atoms. The molecule has 1 aromatic heterocycles. The van der Waals surface area contributed by atoms with Crippen LogP contribution in [0.3, 0.4) is 0 Å². The maximum Gasteiger partial charge on any atom is 0.248 e. The van der Waals surface area contributed by atoms with Crippen LogP contribution >= 0.6 is 24.0 Å². The minimum Gasteiger partial charge on any atom is -0.358 e. The topological polar surface area (TPSA) is 78.9 Å². The van der Waals surface area contributed by atoms with E-state index < -0.39 is 0 Å². The fourth-order valence-electron chi connectivity index (χ4n) is 1.26. The van der Waals surface area contributed by atoms with E-state index in [2.05, 4.69) is 32.7 Å². The Bertz CT molecular complexity index is 486. The highest BCUT2D eigenvalue weighted by atomic mass is 32.2. The third kappa shape index (κ3) is 6.48. The van der Waals surface area contributed by atoms with Gasteiger partial charge >= 0.3 is 0 Å². The van der Waals surface area contributed by atoms with Gasteiger partial charge < -0.3 is 5.32 Å². The Morgan fingerprint density at radius 2 is 2.05 bits per heavy atom. The smallest absolute Gasteiger partial charge is 0.248 e. The molecule has 1 heterocycles. The summed E-state index contributed by atoms with van der Waals surface area (Å²) in [5, 5.41) is 3.76. The van der Waals surface area contributed by atoms with Gasteiger partial charge in [-0.15, -0.1) is 6.58 Å². The lowest BCUT2D eigenvalue weighted by Gasteiger charge is -2.09. The van der Waals surface area contributed by atoms with Crippen molar-refractivity contribution in [1.82, 2.24) is 26.1 Å². The van der Waals surface area contributed by atoms with E-state index in [9.17, 15) is 4.79 Å². The number of nitrogens with zero attached hydrogens (tertiary/aromatic N) is 2. The van der Waals surface area contributed by atoms with Crippen molar-refractivity contribution in [2.75, 3.05) is 12.3 Å². The highest BCUT2D eigenvalue weighted by Gasteiger charge is 2.06. The fourth-order valence-corrected chi connectivity index (χ4v) is 2.14. The average molecular weight is 311 g/mol. The number of aryl methyl sites for hydroxylation is 2. The lowest BCUT2D eigenvalue weighted by Crippen LogP contribution is -2.47. The van der Waals surface area contributed by atoms with Gasteiger partial charge in [-0.1, -0.05) is 17.8 Å². The quantitative estimate of drug-likeness (QED) is 0.245. The molecule has 0 saturated carbocycles. The Labute approximate surface area is 127 Å². The van der Waals surface area contributed by atoms with Crippen LogP contribution in [0.1, 0.15) is 11.4 Å². The van der Waals surface area contributed by atoms with Gasteiger partial charge in [0.15, 0.2) is 10.3 Å². The number of nitrogens with one attached hydrogen (secondary N) is 3. The van der Waals surface area contributed by atoms with Crippen molar-refractivity contribution in [2.45, 2.75) is 19.0 Å². The summed E-state index contributed by atoms with van der Waals surface area (Å²) in [5.74, 6) is 0.000440. The second-order valence-corrected chi connectivity index (χ2v) is 5.24. The Kier molecular flexibility index (Phi) is 6.96. The summed E-state index contributed by atoms with van der Waals surface area (Å²) in [6, 6.07) is 1.88. The van der Waals surface area contributed by atoms with E-state index in [1.54, 1.807) is 6.08 Å². The lowest BCUT2D eigenvalue weighted by atomic mass is 10.4. The molecule has 1 aromatic rings. The van der Waals surface area contributed by atoms with E-state index >= 15 is 0 Å². The number of amides is 1. The number of thioether (sulfide) groups is 1. The van der Waals surface area contributed by atoms with Crippen LogP contribution in [0.2, 0.25) is 0 Å². The highest BCUT2D eigenvalue weighted by Crippen LogP contribution is 2.13. The minimum atomic E-state index is -0.208. The molecule has 6 nitrogen and oxygen atoms in total. The molecule has 0 aromatic carbocycles. The molecule has 0 fully saturated rings. The zero-order chi connectivity index (χ0) is 15.0. The fraction of sp³-hybridized carbons (Fsp3) is 0.333. The SMILES string of the molecule is C=CCNC(=S)NNC(=O)CSc1nc(C)cc(C)n1. The van der Waals surface area contributed by atoms with Crippen molar-refractivity contribution in [2.24, 2.45) is 0 Å². The van der Waals surface area contributed by atoms with Crippen LogP contribution in [0.4, 0.5) is 0 Å². The molecule has 0 radical (unpaired) electrons. The summed E-state index contributed by atoms with van der Waals surface area (Å²) in [4.78, 5) is 20.1. The van der Waals surface area contributed by atoms with Gasteiger partial charge in [-0.05, 0) is 32.1 Å². The van der Waals surface area contributed by atoms with Gasteiger partial charge in [-0.2, -0.15) is 0 Å².